The van der Waals surface area contributed by atoms with Gasteiger partial charge in [0.2, 0.25) is 0 Å². The van der Waals surface area contributed by atoms with Gasteiger partial charge in [-0.2, -0.15) is 0 Å². The molecule has 1 N–H and O–H groups in total. The molecule has 5 aromatic rings. The van der Waals surface area contributed by atoms with Crippen LogP contribution >= 0.6 is 11.3 Å². The molecule has 5 rings (SSSR count). The highest BCUT2D eigenvalue weighted by atomic mass is 32.1. The molecule has 0 radical (unpaired) electrons. The Kier molecular flexibility index (Phi) is 3.50. The summed E-state index contributed by atoms with van der Waals surface area (Å²) in [4.78, 5) is 25.8. The van der Waals surface area contributed by atoms with E-state index >= 15 is 0 Å². The third-order valence-corrected chi connectivity index (χ3v) is 4.76. The third-order valence-electron chi connectivity index (χ3n) is 3.97. The molecule has 0 fully saturated rings. The molecule has 6 nitrogen and oxygen atoms in total. The fourth-order valence-corrected chi connectivity index (χ4v) is 3.42. The van der Waals surface area contributed by atoms with E-state index in [1.807, 2.05) is 35.7 Å². The average Bonchev–Trinajstić information content (AvgIpc) is 3.38. The lowest BCUT2D eigenvalue weighted by molar-refractivity contribution is 1.12. The second-order valence-corrected chi connectivity index (χ2v) is 6.50. The number of nitrogens with one attached hydrogen (secondary N) is 1. The number of aromatic nitrogens is 6. The number of imidazole rings is 1. The molecule has 0 aliphatic carbocycles. The van der Waals surface area contributed by atoms with Crippen LogP contribution in [0.3, 0.4) is 0 Å². The first-order valence-corrected chi connectivity index (χ1v) is 8.90. The van der Waals surface area contributed by atoms with E-state index in [4.69, 9.17) is 9.97 Å². The molecule has 0 unspecified atom stereocenters. The molecule has 0 amide bonds. The van der Waals surface area contributed by atoms with Crippen molar-refractivity contribution in [3.05, 3.63) is 66.4 Å². The third kappa shape index (κ3) is 2.55. The zero-order chi connectivity index (χ0) is 17.3. The molecular weight excluding hydrogens is 344 g/mol. The van der Waals surface area contributed by atoms with E-state index in [1.54, 1.807) is 36.0 Å². The summed E-state index contributed by atoms with van der Waals surface area (Å²) in [6.07, 6.45) is 5.17. The Bertz CT molecular complexity index is 1180. The van der Waals surface area contributed by atoms with E-state index in [9.17, 15) is 0 Å². The van der Waals surface area contributed by atoms with Crippen LogP contribution in [-0.4, -0.2) is 29.9 Å². The van der Waals surface area contributed by atoms with Crippen LogP contribution < -0.4 is 0 Å². The van der Waals surface area contributed by atoms with Gasteiger partial charge in [-0.1, -0.05) is 24.3 Å². The summed E-state index contributed by atoms with van der Waals surface area (Å²) in [6, 6.07) is 13.8. The first kappa shape index (κ1) is 14.9. The van der Waals surface area contributed by atoms with Crippen molar-refractivity contribution in [2.45, 2.75) is 0 Å². The van der Waals surface area contributed by atoms with Crippen molar-refractivity contribution in [3.8, 4) is 33.7 Å². The number of benzene rings is 1. The monoisotopic (exact) mass is 356 g/mol. The second-order valence-electron chi connectivity index (χ2n) is 5.61. The van der Waals surface area contributed by atoms with E-state index in [-0.39, 0.29) is 0 Å². The highest BCUT2D eigenvalue weighted by molar-refractivity contribution is 7.13. The number of nitrogens with zero attached hydrogens (tertiary/aromatic N) is 5. The fraction of sp³-hybridized carbons (Fsp3) is 0. The van der Waals surface area contributed by atoms with Gasteiger partial charge in [0, 0.05) is 29.4 Å². The Balaban J connectivity index is 1.72. The van der Waals surface area contributed by atoms with Crippen LogP contribution in [0.4, 0.5) is 0 Å². The van der Waals surface area contributed by atoms with Crippen molar-refractivity contribution in [2.24, 2.45) is 0 Å². The minimum absolute atomic E-state index is 0.539. The van der Waals surface area contributed by atoms with Crippen molar-refractivity contribution in [2.75, 3.05) is 0 Å². The topological polar surface area (TPSA) is 80.2 Å². The summed E-state index contributed by atoms with van der Waals surface area (Å²) in [6.45, 7) is 0. The predicted octanol–water partition coefficient (Wildman–Crippen LogP) is 4.21. The second kappa shape index (κ2) is 6.12. The minimum Gasteiger partial charge on any atom is -0.333 e. The summed E-state index contributed by atoms with van der Waals surface area (Å²) >= 11 is 1.55. The van der Waals surface area contributed by atoms with Gasteiger partial charge in [0.25, 0.3) is 0 Å². The Morgan fingerprint density at radius 1 is 0.808 bits per heavy atom. The number of fused-ring (bicyclic) bond motifs is 1. The van der Waals surface area contributed by atoms with Gasteiger partial charge < -0.3 is 4.98 Å². The molecule has 1 aromatic carbocycles. The number of rotatable bonds is 3. The maximum atomic E-state index is 4.78. The Morgan fingerprint density at radius 2 is 1.69 bits per heavy atom. The summed E-state index contributed by atoms with van der Waals surface area (Å²) in [5, 5.41) is 3.88. The lowest BCUT2D eigenvalue weighted by Gasteiger charge is -2.02. The van der Waals surface area contributed by atoms with Gasteiger partial charge in [-0.3, -0.25) is 0 Å². The van der Waals surface area contributed by atoms with Crippen LogP contribution in [0.25, 0.3) is 44.6 Å². The van der Waals surface area contributed by atoms with E-state index in [0.29, 0.717) is 11.6 Å². The lowest BCUT2D eigenvalue weighted by Crippen LogP contribution is -1.89. The molecule has 4 heterocycles. The van der Waals surface area contributed by atoms with Crippen LogP contribution in [0.5, 0.6) is 0 Å². The maximum Gasteiger partial charge on any atom is 0.195 e. The first-order chi connectivity index (χ1) is 12.9. The van der Waals surface area contributed by atoms with Gasteiger partial charge in [-0.15, -0.1) is 11.3 Å². The minimum atomic E-state index is 0.539. The highest BCUT2D eigenvalue weighted by Gasteiger charge is 2.19. The SMILES string of the molecule is c1cnc(-c2nc(-c3ccc4ccccc4n3)c(-c3nccs3)[nH]2)nc1. The van der Waals surface area contributed by atoms with Crippen molar-refractivity contribution < 1.29 is 0 Å². The molecule has 26 heavy (non-hydrogen) atoms. The molecule has 0 spiro atoms. The number of H-pyrrole nitrogens is 1. The van der Waals surface area contributed by atoms with Crippen molar-refractivity contribution >= 4 is 22.2 Å². The predicted molar refractivity (Wildman–Crippen MR) is 101 cm³/mol. The van der Waals surface area contributed by atoms with Gasteiger partial charge in [0.1, 0.15) is 16.4 Å². The quantitative estimate of drug-likeness (QED) is 0.524. The summed E-state index contributed by atoms with van der Waals surface area (Å²) < 4.78 is 0. The van der Waals surface area contributed by atoms with Gasteiger partial charge >= 0.3 is 0 Å². The number of aromatic amines is 1. The van der Waals surface area contributed by atoms with E-state index in [1.165, 1.54) is 0 Å². The van der Waals surface area contributed by atoms with Gasteiger partial charge in [-0.05, 0) is 18.2 Å². The zero-order valence-corrected chi connectivity index (χ0v) is 14.3. The lowest BCUT2D eigenvalue weighted by atomic mass is 10.1. The van der Waals surface area contributed by atoms with Gasteiger partial charge in [-0.25, -0.2) is 24.9 Å². The van der Waals surface area contributed by atoms with Crippen molar-refractivity contribution in [1.82, 2.24) is 29.9 Å². The van der Waals surface area contributed by atoms with E-state index < -0.39 is 0 Å². The first-order valence-electron chi connectivity index (χ1n) is 8.02. The van der Waals surface area contributed by atoms with Crippen LogP contribution in [0.2, 0.25) is 0 Å². The molecule has 7 heteroatoms. The molecule has 124 valence electrons. The molecule has 0 aliphatic rings. The summed E-state index contributed by atoms with van der Waals surface area (Å²) in [5.41, 5.74) is 3.28. The molecule has 0 bridgehead atoms. The van der Waals surface area contributed by atoms with Gasteiger partial charge in [0.05, 0.1) is 11.2 Å². The van der Waals surface area contributed by atoms with Crippen LogP contribution in [0.15, 0.2) is 66.4 Å². The number of thiazole rings is 1. The molecule has 4 aromatic heterocycles. The van der Waals surface area contributed by atoms with Crippen molar-refractivity contribution in [1.29, 1.82) is 0 Å². The molecule has 0 saturated heterocycles. The number of hydrogen-bond acceptors (Lipinski definition) is 6. The van der Waals surface area contributed by atoms with Gasteiger partial charge in [0.15, 0.2) is 11.6 Å². The molecular formula is C19H12N6S. The van der Waals surface area contributed by atoms with E-state index in [2.05, 4.69) is 26.0 Å². The molecule has 0 atom stereocenters. The Labute approximate surface area is 152 Å². The van der Waals surface area contributed by atoms with Crippen molar-refractivity contribution in [3.63, 3.8) is 0 Å². The number of para-hydroxylation sites is 1. The average molecular weight is 356 g/mol. The molecule has 0 saturated carbocycles. The Hall–Kier alpha value is -3.45. The van der Waals surface area contributed by atoms with Crippen LogP contribution in [0.1, 0.15) is 0 Å². The highest BCUT2D eigenvalue weighted by Crippen LogP contribution is 2.33. The summed E-state index contributed by atoms with van der Waals surface area (Å²) in [7, 11) is 0. The number of pyridine rings is 1. The van der Waals surface area contributed by atoms with Crippen LogP contribution in [0, 0.1) is 0 Å². The fourth-order valence-electron chi connectivity index (χ4n) is 2.79. The van der Waals surface area contributed by atoms with Crippen LogP contribution in [-0.2, 0) is 0 Å². The van der Waals surface area contributed by atoms with E-state index in [0.717, 1.165) is 33.0 Å². The summed E-state index contributed by atoms with van der Waals surface area (Å²) in [5.74, 6) is 1.14. The standard InChI is InChI=1S/C19H12N6S/c1-2-5-13-12(4-1)6-7-14(23-13)15-16(19-22-10-11-26-19)25-18(24-15)17-20-8-3-9-21-17/h1-11H,(H,24,25). The Morgan fingerprint density at radius 3 is 2.54 bits per heavy atom. The largest absolute Gasteiger partial charge is 0.333 e. The maximum absolute atomic E-state index is 4.78. The zero-order valence-electron chi connectivity index (χ0n) is 13.5. The number of hydrogen-bond donors (Lipinski definition) is 1. The molecule has 0 aliphatic heterocycles. The normalized spacial score (nSPS) is 11.1. The smallest absolute Gasteiger partial charge is 0.195 e.